The monoisotopic (exact) mass is 171 g/mol. The SMILES string of the molecule is C#CC(C)NCC(C)(CO)CO. The highest BCUT2D eigenvalue weighted by Gasteiger charge is 2.22. The van der Waals surface area contributed by atoms with Crippen LogP contribution in [0.4, 0.5) is 0 Å². The van der Waals surface area contributed by atoms with Gasteiger partial charge in [0.05, 0.1) is 19.3 Å². The molecule has 0 aliphatic carbocycles. The van der Waals surface area contributed by atoms with Crippen LogP contribution in [-0.4, -0.2) is 36.0 Å². The minimum atomic E-state index is -0.481. The molecule has 0 amide bonds. The van der Waals surface area contributed by atoms with Gasteiger partial charge in [-0.2, -0.15) is 0 Å². The maximum absolute atomic E-state index is 8.92. The van der Waals surface area contributed by atoms with E-state index in [1.807, 2.05) is 6.92 Å². The van der Waals surface area contributed by atoms with Crippen molar-refractivity contribution < 1.29 is 10.2 Å². The molecule has 3 N–H and O–H groups in total. The van der Waals surface area contributed by atoms with E-state index in [1.54, 1.807) is 6.92 Å². The number of nitrogens with one attached hydrogen (secondary N) is 1. The molecule has 0 aromatic rings. The van der Waals surface area contributed by atoms with Gasteiger partial charge in [-0.15, -0.1) is 6.42 Å². The molecule has 0 fully saturated rings. The lowest BCUT2D eigenvalue weighted by atomic mass is 9.93. The van der Waals surface area contributed by atoms with E-state index in [-0.39, 0.29) is 19.3 Å². The van der Waals surface area contributed by atoms with Crippen LogP contribution in [0.25, 0.3) is 0 Å². The van der Waals surface area contributed by atoms with Crippen LogP contribution in [0, 0.1) is 17.8 Å². The van der Waals surface area contributed by atoms with Crippen LogP contribution in [-0.2, 0) is 0 Å². The van der Waals surface area contributed by atoms with Crippen molar-refractivity contribution in [1.29, 1.82) is 0 Å². The van der Waals surface area contributed by atoms with Gasteiger partial charge in [-0.3, -0.25) is 0 Å². The van der Waals surface area contributed by atoms with Crippen molar-refractivity contribution in [2.45, 2.75) is 19.9 Å². The Kier molecular flexibility index (Phi) is 4.91. The van der Waals surface area contributed by atoms with Gasteiger partial charge >= 0.3 is 0 Å². The molecule has 0 aliphatic rings. The summed E-state index contributed by atoms with van der Waals surface area (Å²) in [5.74, 6) is 2.51. The van der Waals surface area contributed by atoms with E-state index in [4.69, 9.17) is 16.6 Å². The van der Waals surface area contributed by atoms with Crippen molar-refractivity contribution in [2.24, 2.45) is 5.41 Å². The zero-order valence-corrected chi connectivity index (χ0v) is 7.67. The summed E-state index contributed by atoms with van der Waals surface area (Å²) in [6.45, 7) is 4.07. The normalized spacial score (nSPS) is 13.9. The maximum atomic E-state index is 8.92. The van der Waals surface area contributed by atoms with Gasteiger partial charge in [0.25, 0.3) is 0 Å². The smallest absolute Gasteiger partial charge is 0.0658 e. The Morgan fingerprint density at radius 2 is 2.00 bits per heavy atom. The van der Waals surface area contributed by atoms with Crippen molar-refractivity contribution in [3.63, 3.8) is 0 Å². The first-order valence-corrected chi connectivity index (χ1v) is 3.99. The van der Waals surface area contributed by atoms with E-state index in [1.165, 1.54) is 0 Å². The van der Waals surface area contributed by atoms with Crippen LogP contribution in [0.3, 0.4) is 0 Å². The topological polar surface area (TPSA) is 52.5 Å². The molecule has 0 radical (unpaired) electrons. The minimum Gasteiger partial charge on any atom is -0.396 e. The number of aliphatic hydroxyl groups excluding tert-OH is 2. The van der Waals surface area contributed by atoms with Crippen molar-refractivity contribution in [2.75, 3.05) is 19.8 Å². The molecule has 0 aromatic heterocycles. The van der Waals surface area contributed by atoms with Gasteiger partial charge in [0.2, 0.25) is 0 Å². The largest absolute Gasteiger partial charge is 0.396 e. The van der Waals surface area contributed by atoms with E-state index >= 15 is 0 Å². The van der Waals surface area contributed by atoms with Crippen molar-refractivity contribution in [3.05, 3.63) is 0 Å². The summed E-state index contributed by atoms with van der Waals surface area (Å²) in [6, 6.07) is -0.0255. The second-order valence-corrected chi connectivity index (χ2v) is 3.40. The minimum absolute atomic E-state index is 0.0255. The molecule has 0 aliphatic heterocycles. The van der Waals surface area contributed by atoms with Gasteiger partial charge in [0.1, 0.15) is 0 Å². The highest BCUT2D eigenvalue weighted by Crippen LogP contribution is 2.12. The van der Waals surface area contributed by atoms with Crippen LogP contribution in [0.5, 0.6) is 0 Å². The molecule has 3 heteroatoms. The van der Waals surface area contributed by atoms with Crippen molar-refractivity contribution in [1.82, 2.24) is 5.32 Å². The molecule has 12 heavy (non-hydrogen) atoms. The summed E-state index contributed by atoms with van der Waals surface area (Å²) >= 11 is 0. The third-order valence-corrected chi connectivity index (χ3v) is 1.85. The van der Waals surface area contributed by atoms with Gasteiger partial charge in [0.15, 0.2) is 0 Å². The number of rotatable bonds is 5. The summed E-state index contributed by atoms with van der Waals surface area (Å²) in [5.41, 5.74) is -0.481. The molecule has 0 rings (SSSR count). The average molecular weight is 171 g/mol. The fourth-order valence-corrected chi connectivity index (χ4v) is 0.620. The van der Waals surface area contributed by atoms with E-state index < -0.39 is 5.41 Å². The van der Waals surface area contributed by atoms with E-state index in [9.17, 15) is 0 Å². The lowest BCUT2D eigenvalue weighted by Crippen LogP contribution is -2.40. The second kappa shape index (κ2) is 5.15. The molecule has 0 spiro atoms. The number of aliphatic hydroxyl groups is 2. The number of hydrogen-bond acceptors (Lipinski definition) is 3. The fraction of sp³-hybridized carbons (Fsp3) is 0.778. The highest BCUT2D eigenvalue weighted by molar-refractivity contribution is 4.96. The Balaban J connectivity index is 3.82. The van der Waals surface area contributed by atoms with Crippen molar-refractivity contribution >= 4 is 0 Å². The van der Waals surface area contributed by atoms with Crippen LogP contribution in [0.15, 0.2) is 0 Å². The second-order valence-electron chi connectivity index (χ2n) is 3.40. The third-order valence-electron chi connectivity index (χ3n) is 1.85. The third kappa shape index (κ3) is 3.72. The fourth-order valence-electron chi connectivity index (χ4n) is 0.620. The molecule has 1 unspecified atom stereocenters. The highest BCUT2D eigenvalue weighted by atomic mass is 16.3. The quantitative estimate of drug-likeness (QED) is 0.493. The summed E-state index contributed by atoms with van der Waals surface area (Å²) < 4.78 is 0. The maximum Gasteiger partial charge on any atom is 0.0658 e. The average Bonchev–Trinajstić information content (AvgIpc) is 2.13. The molecule has 0 saturated carbocycles. The summed E-state index contributed by atoms with van der Waals surface area (Å²) in [6.07, 6.45) is 5.15. The molecule has 0 aromatic carbocycles. The van der Waals surface area contributed by atoms with Crippen LogP contribution < -0.4 is 5.32 Å². The Bertz CT molecular complexity index is 158. The Labute approximate surface area is 73.8 Å². The first-order chi connectivity index (χ1) is 5.58. The Morgan fingerprint density at radius 3 is 2.33 bits per heavy atom. The summed E-state index contributed by atoms with van der Waals surface area (Å²) in [7, 11) is 0. The number of terminal acetylenes is 1. The summed E-state index contributed by atoms with van der Waals surface area (Å²) in [5, 5.41) is 20.9. The van der Waals surface area contributed by atoms with E-state index in [0.717, 1.165) is 0 Å². The first-order valence-electron chi connectivity index (χ1n) is 3.99. The zero-order valence-electron chi connectivity index (χ0n) is 7.67. The lowest BCUT2D eigenvalue weighted by Gasteiger charge is -2.25. The summed E-state index contributed by atoms with van der Waals surface area (Å²) in [4.78, 5) is 0. The van der Waals surface area contributed by atoms with E-state index in [2.05, 4.69) is 11.2 Å². The van der Waals surface area contributed by atoms with Gasteiger partial charge in [0, 0.05) is 12.0 Å². The Hall–Kier alpha value is -0.560. The standard InChI is InChI=1S/C9H17NO2/c1-4-8(2)10-5-9(3,6-11)7-12/h1,8,10-12H,5-7H2,2-3H3. The lowest BCUT2D eigenvalue weighted by molar-refractivity contribution is 0.0690. The molecule has 3 nitrogen and oxygen atoms in total. The van der Waals surface area contributed by atoms with Crippen LogP contribution in [0.1, 0.15) is 13.8 Å². The predicted molar refractivity (Wildman–Crippen MR) is 48.6 cm³/mol. The molecule has 0 bridgehead atoms. The zero-order chi connectivity index (χ0) is 9.61. The Morgan fingerprint density at radius 1 is 1.50 bits per heavy atom. The van der Waals surface area contributed by atoms with Gasteiger partial charge < -0.3 is 15.5 Å². The van der Waals surface area contributed by atoms with Gasteiger partial charge in [-0.1, -0.05) is 12.8 Å². The van der Waals surface area contributed by atoms with Gasteiger partial charge in [-0.05, 0) is 6.92 Å². The predicted octanol–water partition coefficient (Wildman–Crippen LogP) is -0.411. The molecule has 0 saturated heterocycles. The molecule has 0 heterocycles. The van der Waals surface area contributed by atoms with Crippen LogP contribution in [0.2, 0.25) is 0 Å². The van der Waals surface area contributed by atoms with Gasteiger partial charge in [-0.25, -0.2) is 0 Å². The molecule has 1 atom stereocenters. The number of hydrogen-bond donors (Lipinski definition) is 3. The molecular formula is C9H17NO2. The first kappa shape index (κ1) is 11.4. The molecular weight excluding hydrogens is 154 g/mol. The van der Waals surface area contributed by atoms with Crippen molar-refractivity contribution in [3.8, 4) is 12.3 Å². The molecule has 70 valence electrons. The van der Waals surface area contributed by atoms with E-state index in [0.29, 0.717) is 6.54 Å². The van der Waals surface area contributed by atoms with Crippen LogP contribution >= 0.6 is 0 Å².